The van der Waals surface area contributed by atoms with Crippen molar-refractivity contribution in [3.05, 3.63) is 41.7 Å². The molecule has 0 atom stereocenters. The average Bonchev–Trinajstić information content (AvgIpc) is 2.45. The molecular weight excluding hydrogens is 288 g/mol. The van der Waals surface area contributed by atoms with Gasteiger partial charge in [-0.3, -0.25) is 0 Å². The minimum Gasteiger partial charge on any atom is -0.496 e. The highest BCUT2D eigenvalue weighted by Crippen LogP contribution is 2.19. The molecule has 1 aromatic heterocycles. The molecule has 0 spiro atoms. The summed E-state index contributed by atoms with van der Waals surface area (Å²) in [5.74, 6) is 3.34. The second kappa shape index (κ2) is 7.31. The SMILES string of the molecule is COc1ccccc1CCNc1cc(NC(C)(C)C)nc(C)n1. The Morgan fingerprint density at radius 1 is 1.09 bits per heavy atom. The number of anilines is 2. The van der Waals surface area contributed by atoms with Crippen LogP contribution in [-0.4, -0.2) is 29.2 Å². The lowest BCUT2D eigenvalue weighted by Crippen LogP contribution is -2.27. The lowest BCUT2D eigenvalue weighted by molar-refractivity contribution is 0.410. The van der Waals surface area contributed by atoms with Crippen LogP contribution >= 0.6 is 0 Å². The van der Waals surface area contributed by atoms with Crippen molar-refractivity contribution in [2.75, 3.05) is 24.3 Å². The molecule has 0 aliphatic heterocycles. The van der Waals surface area contributed by atoms with Gasteiger partial charge in [-0.1, -0.05) is 18.2 Å². The fraction of sp³-hybridized carbons (Fsp3) is 0.444. The first kappa shape index (κ1) is 17.1. The molecule has 0 saturated heterocycles. The zero-order valence-electron chi connectivity index (χ0n) is 14.6. The van der Waals surface area contributed by atoms with Crippen LogP contribution in [0.15, 0.2) is 30.3 Å². The molecule has 0 aliphatic carbocycles. The van der Waals surface area contributed by atoms with Gasteiger partial charge in [0.25, 0.3) is 0 Å². The van der Waals surface area contributed by atoms with Crippen molar-refractivity contribution < 1.29 is 4.74 Å². The molecule has 0 unspecified atom stereocenters. The minimum atomic E-state index is -0.0323. The molecule has 5 nitrogen and oxygen atoms in total. The largest absolute Gasteiger partial charge is 0.496 e. The van der Waals surface area contributed by atoms with Gasteiger partial charge in [0.15, 0.2) is 0 Å². The summed E-state index contributed by atoms with van der Waals surface area (Å²) in [7, 11) is 1.70. The van der Waals surface area contributed by atoms with Crippen molar-refractivity contribution in [3.8, 4) is 5.75 Å². The van der Waals surface area contributed by atoms with Crippen LogP contribution in [-0.2, 0) is 6.42 Å². The highest BCUT2D eigenvalue weighted by molar-refractivity contribution is 5.48. The molecule has 0 aliphatic rings. The van der Waals surface area contributed by atoms with Gasteiger partial charge in [0, 0.05) is 18.2 Å². The van der Waals surface area contributed by atoms with E-state index in [0.29, 0.717) is 0 Å². The van der Waals surface area contributed by atoms with E-state index in [1.807, 2.05) is 31.2 Å². The van der Waals surface area contributed by atoms with Crippen molar-refractivity contribution in [2.45, 2.75) is 39.7 Å². The summed E-state index contributed by atoms with van der Waals surface area (Å²) in [6.45, 7) is 9.02. The van der Waals surface area contributed by atoms with Crippen LogP contribution in [0.4, 0.5) is 11.6 Å². The lowest BCUT2D eigenvalue weighted by Gasteiger charge is -2.21. The summed E-state index contributed by atoms with van der Waals surface area (Å²) in [5.41, 5.74) is 1.15. The van der Waals surface area contributed by atoms with E-state index < -0.39 is 0 Å². The summed E-state index contributed by atoms with van der Waals surface area (Å²) < 4.78 is 5.38. The summed E-state index contributed by atoms with van der Waals surface area (Å²) in [4.78, 5) is 8.87. The smallest absolute Gasteiger partial charge is 0.132 e. The monoisotopic (exact) mass is 314 g/mol. The van der Waals surface area contributed by atoms with Gasteiger partial charge in [0.1, 0.15) is 23.2 Å². The number of aryl methyl sites for hydroxylation is 1. The molecule has 2 rings (SSSR count). The molecule has 0 saturated carbocycles. The van der Waals surface area contributed by atoms with Crippen molar-refractivity contribution in [1.29, 1.82) is 0 Å². The van der Waals surface area contributed by atoms with E-state index in [-0.39, 0.29) is 5.54 Å². The number of nitrogens with one attached hydrogen (secondary N) is 2. The van der Waals surface area contributed by atoms with Gasteiger partial charge in [-0.05, 0) is 45.7 Å². The Morgan fingerprint density at radius 2 is 1.78 bits per heavy atom. The number of hydrogen-bond donors (Lipinski definition) is 2. The van der Waals surface area contributed by atoms with Crippen LogP contribution < -0.4 is 15.4 Å². The molecule has 2 N–H and O–H groups in total. The molecule has 5 heteroatoms. The zero-order chi connectivity index (χ0) is 16.9. The summed E-state index contributed by atoms with van der Waals surface area (Å²) >= 11 is 0. The molecular formula is C18H26N4O. The van der Waals surface area contributed by atoms with Crippen LogP contribution in [0, 0.1) is 6.92 Å². The Morgan fingerprint density at radius 3 is 2.48 bits per heavy atom. The van der Waals surface area contributed by atoms with E-state index in [4.69, 9.17) is 4.74 Å². The number of nitrogens with zero attached hydrogens (tertiary/aromatic N) is 2. The maximum atomic E-state index is 5.38. The van der Waals surface area contributed by atoms with Crippen LogP contribution in [0.1, 0.15) is 32.2 Å². The number of hydrogen-bond acceptors (Lipinski definition) is 5. The molecule has 0 fully saturated rings. The van der Waals surface area contributed by atoms with Crippen molar-refractivity contribution in [3.63, 3.8) is 0 Å². The topological polar surface area (TPSA) is 59.1 Å². The van der Waals surface area contributed by atoms with Gasteiger partial charge in [-0.25, -0.2) is 9.97 Å². The molecule has 23 heavy (non-hydrogen) atoms. The van der Waals surface area contributed by atoms with E-state index in [9.17, 15) is 0 Å². The van der Waals surface area contributed by atoms with Gasteiger partial charge in [-0.2, -0.15) is 0 Å². The Bertz CT molecular complexity index is 650. The highest BCUT2D eigenvalue weighted by Gasteiger charge is 2.11. The molecule has 0 bridgehead atoms. The van der Waals surface area contributed by atoms with Crippen LogP contribution in [0.3, 0.4) is 0 Å². The average molecular weight is 314 g/mol. The van der Waals surface area contributed by atoms with Crippen LogP contribution in [0.5, 0.6) is 5.75 Å². The lowest BCUT2D eigenvalue weighted by atomic mass is 10.1. The quantitative estimate of drug-likeness (QED) is 0.852. The Balaban J connectivity index is 2.00. The number of para-hydroxylation sites is 1. The van der Waals surface area contributed by atoms with Crippen molar-refractivity contribution >= 4 is 11.6 Å². The number of aromatic nitrogens is 2. The maximum absolute atomic E-state index is 5.38. The van der Waals surface area contributed by atoms with Gasteiger partial charge >= 0.3 is 0 Å². The third-order valence-corrected chi connectivity index (χ3v) is 3.23. The first-order valence-corrected chi connectivity index (χ1v) is 7.87. The standard InChI is InChI=1S/C18H26N4O/c1-13-20-16(12-17(21-13)22-18(2,3)4)19-11-10-14-8-6-7-9-15(14)23-5/h6-9,12H,10-11H2,1-5H3,(H2,19,20,21,22). The Labute approximate surface area is 138 Å². The van der Waals surface area contributed by atoms with Gasteiger partial charge in [-0.15, -0.1) is 0 Å². The van der Waals surface area contributed by atoms with E-state index in [0.717, 1.165) is 36.2 Å². The molecule has 1 aromatic carbocycles. The van der Waals surface area contributed by atoms with Gasteiger partial charge in [0.2, 0.25) is 0 Å². The molecule has 1 heterocycles. The van der Waals surface area contributed by atoms with Gasteiger partial charge < -0.3 is 15.4 Å². The third-order valence-electron chi connectivity index (χ3n) is 3.23. The second-order valence-electron chi connectivity index (χ2n) is 6.55. The van der Waals surface area contributed by atoms with E-state index in [1.54, 1.807) is 7.11 Å². The second-order valence-corrected chi connectivity index (χ2v) is 6.55. The first-order chi connectivity index (χ1) is 10.9. The summed E-state index contributed by atoms with van der Waals surface area (Å²) in [5, 5.41) is 6.74. The molecule has 0 amide bonds. The first-order valence-electron chi connectivity index (χ1n) is 7.87. The fourth-order valence-electron chi connectivity index (χ4n) is 2.34. The highest BCUT2D eigenvalue weighted by atomic mass is 16.5. The van der Waals surface area contributed by atoms with Crippen LogP contribution in [0.25, 0.3) is 0 Å². The maximum Gasteiger partial charge on any atom is 0.132 e. The Hall–Kier alpha value is -2.30. The number of benzene rings is 1. The molecule has 124 valence electrons. The Kier molecular flexibility index (Phi) is 5.42. The van der Waals surface area contributed by atoms with Crippen molar-refractivity contribution in [1.82, 2.24) is 9.97 Å². The zero-order valence-corrected chi connectivity index (χ0v) is 14.6. The predicted octanol–water partition coefficient (Wildman–Crippen LogP) is 3.66. The number of ether oxygens (including phenoxy) is 1. The van der Waals surface area contributed by atoms with E-state index >= 15 is 0 Å². The number of rotatable bonds is 6. The molecule has 0 radical (unpaired) electrons. The predicted molar refractivity (Wildman–Crippen MR) is 95.3 cm³/mol. The number of methoxy groups -OCH3 is 1. The normalized spacial score (nSPS) is 11.2. The van der Waals surface area contributed by atoms with E-state index in [1.165, 1.54) is 5.56 Å². The third kappa shape index (κ3) is 5.43. The van der Waals surface area contributed by atoms with Crippen LogP contribution in [0.2, 0.25) is 0 Å². The minimum absolute atomic E-state index is 0.0323. The summed E-state index contributed by atoms with van der Waals surface area (Å²) in [6.07, 6.45) is 0.870. The van der Waals surface area contributed by atoms with E-state index in [2.05, 4.69) is 47.4 Å². The van der Waals surface area contributed by atoms with Gasteiger partial charge in [0.05, 0.1) is 7.11 Å². The van der Waals surface area contributed by atoms with Crippen molar-refractivity contribution in [2.24, 2.45) is 0 Å². The molecule has 2 aromatic rings. The summed E-state index contributed by atoms with van der Waals surface area (Å²) in [6, 6.07) is 10.0. The fourth-order valence-corrected chi connectivity index (χ4v) is 2.34.